The molecule has 0 saturated heterocycles. The van der Waals surface area contributed by atoms with Gasteiger partial charge >= 0.3 is 6.03 Å². The number of benzene rings is 1. The molecule has 0 bridgehead atoms. The molecule has 0 aliphatic rings. The molecule has 0 aliphatic carbocycles. The predicted octanol–water partition coefficient (Wildman–Crippen LogP) is 2.51. The lowest BCUT2D eigenvalue weighted by Crippen LogP contribution is -2.39. The van der Waals surface area contributed by atoms with Gasteiger partial charge in [0.15, 0.2) is 0 Å². The van der Waals surface area contributed by atoms with Crippen LogP contribution in [-0.4, -0.2) is 49.6 Å². The highest BCUT2D eigenvalue weighted by molar-refractivity contribution is 5.89. The molecule has 0 radical (unpaired) electrons. The average Bonchev–Trinajstić information content (AvgIpc) is 2.43. The normalized spacial score (nSPS) is 12.3. The molecule has 0 aromatic heterocycles. The van der Waals surface area contributed by atoms with Crippen LogP contribution >= 0.6 is 0 Å². The summed E-state index contributed by atoms with van der Waals surface area (Å²) < 4.78 is 0. The summed E-state index contributed by atoms with van der Waals surface area (Å²) in [5.74, 6) is 0. The number of hydrogen-bond donors (Lipinski definition) is 2. The molecule has 21 heavy (non-hydrogen) atoms. The van der Waals surface area contributed by atoms with Crippen LogP contribution in [0.1, 0.15) is 31.9 Å². The monoisotopic (exact) mass is 292 g/mol. The Kier molecular flexibility index (Phi) is 7.19. The van der Waals surface area contributed by atoms with Crippen molar-refractivity contribution < 1.29 is 4.79 Å². The first-order valence-electron chi connectivity index (χ1n) is 7.50. The van der Waals surface area contributed by atoms with E-state index in [4.69, 9.17) is 5.73 Å². The highest BCUT2D eigenvalue weighted by Crippen LogP contribution is 2.14. The summed E-state index contributed by atoms with van der Waals surface area (Å²) in [4.78, 5) is 16.2. The summed E-state index contributed by atoms with van der Waals surface area (Å²) in [6, 6.07) is 7.65. The summed E-state index contributed by atoms with van der Waals surface area (Å²) in [6.07, 6.45) is 0.949. The second kappa shape index (κ2) is 8.64. The van der Waals surface area contributed by atoms with Gasteiger partial charge in [-0.25, -0.2) is 4.79 Å². The Morgan fingerprint density at radius 2 is 1.81 bits per heavy atom. The van der Waals surface area contributed by atoms with E-state index in [0.717, 1.165) is 37.3 Å². The lowest BCUT2D eigenvalue weighted by atomic mass is 10.1. The van der Waals surface area contributed by atoms with Crippen LogP contribution in [0.2, 0.25) is 0 Å². The highest BCUT2D eigenvalue weighted by Gasteiger charge is 2.12. The molecule has 5 nitrogen and oxygen atoms in total. The SMILES string of the molecule is CCCN(CCN(C)C)C(=O)Nc1ccc(C(C)N)cc1. The first kappa shape index (κ1) is 17.5. The molecule has 118 valence electrons. The maximum absolute atomic E-state index is 12.3. The average molecular weight is 292 g/mol. The predicted molar refractivity (Wildman–Crippen MR) is 88.5 cm³/mol. The van der Waals surface area contributed by atoms with Gasteiger partial charge in [0, 0.05) is 31.4 Å². The van der Waals surface area contributed by atoms with Gasteiger partial charge in [-0.3, -0.25) is 0 Å². The van der Waals surface area contributed by atoms with Gasteiger partial charge in [0.05, 0.1) is 0 Å². The zero-order valence-electron chi connectivity index (χ0n) is 13.6. The molecule has 0 fully saturated rings. The molecule has 0 aliphatic heterocycles. The van der Waals surface area contributed by atoms with Crippen molar-refractivity contribution in [1.82, 2.24) is 9.80 Å². The van der Waals surface area contributed by atoms with E-state index in [2.05, 4.69) is 17.1 Å². The smallest absolute Gasteiger partial charge is 0.321 e. The molecule has 1 aromatic carbocycles. The van der Waals surface area contributed by atoms with E-state index in [-0.39, 0.29) is 12.1 Å². The Hall–Kier alpha value is -1.59. The van der Waals surface area contributed by atoms with Gasteiger partial charge in [0.25, 0.3) is 0 Å². The molecular formula is C16H28N4O. The van der Waals surface area contributed by atoms with E-state index in [9.17, 15) is 4.79 Å². The lowest BCUT2D eigenvalue weighted by molar-refractivity contribution is 0.205. The van der Waals surface area contributed by atoms with Crippen LogP contribution in [0.25, 0.3) is 0 Å². The molecule has 0 spiro atoms. The number of carbonyl (C=O) groups is 1. The zero-order chi connectivity index (χ0) is 15.8. The number of rotatable bonds is 7. The van der Waals surface area contributed by atoms with Crippen LogP contribution in [0.5, 0.6) is 0 Å². The maximum atomic E-state index is 12.3. The van der Waals surface area contributed by atoms with E-state index in [1.807, 2.05) is 50.2 Å². The standard InChI is InChI=1S/C16H28N4O/c1-5-10-20(12-11-19(3)4)16(21)18-15-8-6-14(7-9-15)13(2)17/h6-9,13H,5,10-12,17H2,1-4H3,(H,18,21). The molecule has 2 amide bonds. The van der Waals surface area contributed by atoms with Gasteiger partial charge in [-0.1, -0.05) is 19.1 Å². The van der Waals surface area contributed by atoms with Crippen molar-refractivity contribution in [2.75, 3.05) is 39.0 Å². The number of amides is 2. The van der Waals surface area contributed by atoms with Gasteiger partial charge in [0.2, 0.25) is 0 Å². The van der Waals surface area contributed by atoms with Gasteiger partial charge < -0.3 is 20.9 Å². The van der Waals surface area contributed by atoms with E-state index in [1.165, 1.54) is 0 Å². The fourth-order valence-corrected chi connectivity index (χ4v) is 1.98. The molecule has 1 atom stereocenters. The summed E-state index contributed by atoms with van der Waals surface area (Å²) >= 11 is 0. The molecule has 5 heteroatoms. The van der Waals surface area contributed by atoms with Crippen molar-refractivity contribution in [2.24, 2.45) is 5.73 Å². The van der Waals surface area contributed by atoms with Crippen LogP contribution in [-0.2, 0) is 0 Å². The van der Waals surface area contributed by atoms with Crippen molar-refractivity contribution in [3.63, 3.8) is 0 Å². The van der Waals surface area contributed by atoms with Crippen molar-refractivity contribution >= 4 is 11.7 Å². The number of nitrogens with zero attached hydrogens (tertiary/aromatic N) is 2. The fourth-order valence-electron chi connectivity index (χ4n) is 1.98. The molecular weight excluding hydrogens is 264 g/mol. The fraction of sp³-hybridized carbons (Fsp3) is 0.562. The molecule has 1 aromatic rings. The number of nitrogens with one attached hydrogen (secondary N) is 1. The molecule has 0 saturated carbocycles. The number of urea groups is 1. The lowest BCUT2D eigenvalue weighted by Gasteiger charge is -2.24. The third-order valence-corrected chi connectivity index (χ3v) is 3.29. The summed E-state index contributed by atoms with van der Waals surface area (Å²) in [6.45, 7) is 6.37. The van der Waals surface area contributed by atoms with E-state index in [1.54, 1.807) is 0 Å². The third-order valence-electron chi connectivity index (χ3n) is 3.29. The summed E-state index contributed by atoms with van der Waals surface area (Å²) in [5.41, 5.74) is 7.68. The Morgan fingerprint density at radius 3 is 2.29 bits per heavy atom. The minimum absolute atomic E-state index is 0.00596. The molecule has 1 rings (SSSR count). The number of hydrogen-bond acceptors (Lipinski definition) is 3. The first-order valence-corrected chi connectivity index (χ1v) is 7.50. The Bertz CT molecular complexity index is 428. The zero-order valence-corrected chi connectivity index (χ0v) is 13.6. The molecule has 0 heterocycles. The van der Waals surface area contributed by atoms with Crippen molar-refractivity contribution in [3.05, 3.63) is 29.8 Å². The summed E-state index contributed by atoms with van der Waals surface area (Å²) in [7, 11) is 4.02. The quantitative estimate of drug-likeness (QED) is 0.811. The largest absolute Gasteiger partial charge is 0.324 e. The van der Waals surface area contributed by atoms with Gasteiger partial charge in [-0.05, 0) is 45.1 Å². The highest BCUT2D eigenvalue weighted by atomic mass is 16.2. The van der Waals surface area contributed by atoms with Gasteiger partial charge in [-0.15, -0.1) is 0 Å². The van der Waals surface area contributed by atoms with E-state index in [0.29, 0.717) is 0 Å². The van der Waals surface area contributed by atoms with Crippen LogP contribution in [0.4, 0.5) is 10.5 Å². The number of nitrogens with two attached hydrogens (primary N) is 1. The first-order chi connectivity index (χ1) is 9.93. The number of likely N-dealkylation sites (N-methyl/N-ethyl adjacent to an activating group) is 1. The Labute approximate surface area is 128 Å². The van der Waals surface area contributed by atoms with Crippen molar-refractivity contribution in [1.29, 1.82) is 0 Å². The second-order valence-electron chi connectivity index (χ2n) is 5.63. The van der Waals surface area contributed by atoms with E-state index < -0.39 is 0 Å². The number of carbonyl (C=O) groups excluding carboxylic acids is 1. The van der Waals surface area contributed by atoms with Crippen LogP contribution < -0.4 is 11.1 Å². The maximum Gasteiger partial charge on any atom is 0.321 e. The topological polar surface area (TPSA) is 61.6 Å². The molecule has 1 unspecified atom stereocenters. The minimum atomic E-state index is -0.0488. The minimum Gasteiger partial charge on any atom is -0.324 e. The number of anilines is 1. The van der Waals surface area contributed by atoms with Crippen LogP contribution in [0.3, 0.4) is 0 Å². The van der Waals surface area contributed by atoms with Crippen LogP contribution in [0.15, 0.2) is 24.3 Å². The third kappa shape index (κ3) is 6.14. The Balaban J connectivity index is 2.62. The second-order valence-corrected chi connectivity index (χ2v) is 5.63. The van der Waals surface area contributed by atoms with Gasteiger partial charge in [0.1, 0.15) is 0 Å². The van der Waals surface area contributed by atoms with Crippen molar-refractivity contribution in [3.8, 4) is 0 Å². The molecule has 3 N–H and O–H groups in total. The van der Waals surface area contributed by atoms with Crippen LogP contribution in [0, 0.1) is 0 Å². The van der Waals surface area contributed by atoms with E-state index >= 15 is 0 Å². The summed E-state index contributed by atoms with van der Waals surface area (Å²) in [5, 5.41) is 2.94. The van der Waals surface area contributed by atoms with Gasteiger partial charge in [-0.2, -0.15) is 0 Å². The van der Waals surface area contributed by atoms with Crippen molar-refractivity contribution in [2.45, 2.75) is 26.3 Å². The Morgan fingerprint density at radius 1 is 1.19 bits per heavy atom.